The summed E-state index contributed by atoms with van der Waals surface area (Å²) >= 11 is 1.30. The molecule has 3 N–H and O–H groups in total. The molecule has 0 aromatic carbocycles. The van der Waals surface area contributed by atoms with E-state index in [-0.39, 0.29) is 11.7 Å². The number of rotatable bonds is 3. The third-order valence-electron chi connectivity index (χ3n) is 2.44. The second-order valence-corrected chi connectivity index (χ2v) is 4.80. The second kappa shape index (κ2) is 3.88. The van der Waals surface area contributed by atoms with Crippen LogP contribution in [0, 0.1) is 0 Å². The van der Waals surface area contributed by atoms with Crippen molar-refractivity contribution in [1.29, 1.82) is 0 Å². The predicted octanol–water partition coefficient (Wildman–Crippen LogP) is 0.430. The van der Waals surface area contributed by atoms with Gasteiger partial charge in [-0.05, 0) is 36.7 Å². The minimum atomic E-state index is -0.168. The Hall–Kier alpha value is -1.83. The van der Waals surface area contributed by atoms with Gasteiger partial charge in [0.2, 0.25) is 0 Å². The average molecular weight is 250 g/mol. The molecule has 1 aliphatic rings. The normalized spacial score (nSPS) is 15.1. The highest BCUT2D eigenvalue weighted by atomic mass is 32.2. The number of hydrogen-bond acceptors (Lipinski definition) is 6. The zero-order valence-electron chi connectivity index (χ0n) is 8.83. The lowest BCUT2D eigenvalue weighted by Gasteiger charge is -2.01. The molecule has 0 amide bonds. The number of aromatic nitrogens is 5. The number of nitrogens with one attached hydrogen (secondary N) is 1. The predicted molar refractivity (Wildman–Crippen MR) is 61.7 cm³/mol. The van der Waals surface area contributed by atoms with Gasteiger partial charge in [0.1, 0.15) is 10.8 Å². The minimum absolute atomic E-state index is 0.168. The Labute approximate surface area is 100 Å². The molecule has 7 nitrogen and oxygen atoms in total. The van der Waals surface area contributed by atoms with E-state index in [9.17, 15) is 4.79 Å². The molecule has 1 fully saturated rings. The molecule has 8 heteroatoms. The maximum absolute atomic E-state index is 11.5. The topological polar surface area (TPSA) is 102 Å². The van der Waals surface area contributed by atoms with Crippen molar-refractivity contribution in [1.82, 2.24) is 25.0 Å². The number of nitrogens with two attached hydrogens (primary N) is 1. The third kappa shape index (κ3) is 2.03. The summed E-state index contributed by atoms with van der Waals surface area (Å²) in [5.41, 5.74) is 5.28. The largest absolute Gasteiger partial charge is 0.382 e. The van der Waals surface area contributed by atoms with Crippen LogP contribution in [0.1, 0.15) is 18.9 Å². The summed E-state index contributed by atoms with van der Waals surface area (Å²) in [6, 6.07) is 3.70. The molecular weight excluding hydrogens is 240 g/mol. The number of nitrogens with zero attached hydrogens (tertiary/aromatic N) is 4. The number of nitrogen functional groups attached to an aromatic ring is 1. The van der Waals surface area contributed by atoms with Crippen LogP contribution in [-0.4, -0.2) is 25.0 Å². The van der Waals surface area contributed by atoms with Crippen molar-refractivity contribution in [2.24, 2.45) is 0 Å². The van der Waals surface area contributed by atoms with Crippen molar-refractivity contribution in [3.8, 4) is 0 Å². The minimum Gasteiger partial charge on any atom is -0.382 e. The molecule has 0 aliphatic heterocycles. The summed E-state index contributed by atoms with van der Waals surface area (Å²) in [5.74, 6) is 0.371. The lowest BCUT2D eigenvalue weighted by Crippen LogP contribution is -2.16. The van der Waals surface area contributed by atoms with Gasteiger partial charge < -0.3 is 5.73 Å². The summed E-state index contributed by atoms with van der Waals surface area (Å²) in [7, 11) is 0. The highest BCUT2D eigenvalue weighted by Gasteiger charge is 2.28. The number of H-pyrrole nitrogens is 1. The van der Waals surface area contributed by atoms with Gasteiger partial charge >= 0.3 is 5.69 Å². The van der Waals surface area contributed by atoms with E-state index >= 15 is 0 Å². The van der Waals surface area contributed by atoms with Gasteiger partial charge in [-0.1, -0.05) is 0 Å². The van der Waals surface area contributed by atoms with Gasteiger partial charge in [-0.25, -0.2) is 9.89 Å². The first-order chi connectivity index (χ1) is 8.24. The molecule has 0 bridgehead atoms. The Balaban J connectivity index is 1.90. The standard InChI is InChI=1S/C9H10N6OS/c10-6-3-4-7(12-11-6)17-9-14-13-8(16)15(9)5-1-2-5/h3-5H,1-2H2,(H2,10,11)(H,13,16). The van der Waals surface area contributed by atoms with Crippen molar-refractivity contribution < 1.29 is 0 Å². The van der Waals surface area contributed by atoms with Gasteiger partial charge in [0.05, 0.1) is 0 Å². The van der Waals surface area contributed by atoms with Crippen molar-refractivity contribution in [3.63, 3.8) is 0 Å². The van der Waals surface area contributed by atoms with Crippen molar-refractivity contribution in [2.75, 3.05) is 5.73 Å². The molecule has 17 heavy (non-hydrogen) atoms. The molecule has 0 spiro atoms. The SMILES string of the molecule is Nc1ccc(Sc2n[nH]c(=O)n2C2CC2)nn1. The van der Waals surface area contributed by atoms with Crippen LogP contribution in [-0.2, 0) is 0 Å². The van der Waals surface area contributed by atoms with Crippen molar-refractivity contribution >= 4 is 17.6 Å². The van der Waals surface area contributed by atoms with Gasteiger partial charge in [-0.15, -0.1) is 15.3 Å². The lowest BCUT2D eigenvalue weighted by atomic mass is 10.5. The Kier molecular flexibility index (Phi) is 2.36. The highest BCUT2D eigenvalue weighted by Crippen LogP contribution is 2.37. The van der Waals surface area contributed by atoms with Crippen LogP contribution < -0.4 is 11.4 Å². The number of hydrogen-bond donors (Lipinski definition) is 2. The Morgan fingerprint density at radius 2 is 2.24 bits per heavy atom. The summed E-state index contributed by atoms with van der Waals surface area (Å²) in [5, 5.41) is 15.4. The van der Waals surface area contributed by atoms with E-state index in [1.54, 1.807) is 16.7 Å². The fourth-order valence-electron chi connectivity index (χ4n) is 1.50. The zero-order valence-corrected chi connectivity index (χ0v) is 9.65. The fraction of sp³-hybridized carbons (Fsp3) is 0.333. The average Bonchev–Trinajstić information content (AvgIpc) is 3.08. The van der Waals surface area contributed by atoms with E-state index in [0.29, 0.717) is 16.0 Å². The molecule has 3 rings (SSSR count). The maximum Gasteiger partial charge on any atom is 0.344 e. The molecule has 0 saturated heterocycles. The summed E-state index contributed by atoms with van der Waals surface area (Å²) < 4.78 is 1.67. The molecule has 2 aromatic rings. The quantitative estimate of drug-likeness (QED) is 0.818. The van der Waals surface area contributed by atoms with E-state index < -0.39 is 0 Å². The van der Waals surface area contributed by atoms with Gasteiger partial charge in [-0.2, -0.15) is 0 Å². The van der Waals surface area contributed by atoms with Crippen LogP contribution in [0.2, 0.25) is 0 Å². The van der Waals surface area contributed by atoms with E-state index in [1.807, 2.05) is 0 Å². The van der Waals surface area contributed by atoms with Crippen LogP contribution >= 0.6 is 11.8 Å². The molecule has 1 aliphatic carbocycles. The number of anilines is 1. The Morgan fingerprint density at radius 1 is 1.41 bits per heavy atom. The summed E-state index contributed by atoms with van der Waals surface area (Å²) in [6.07, 6.45) is 2.06. The highest BCUT2D eigenvalue weighted by molar-refractivity contribution is 7.99. The van der Waals surface area contributed by atoms with Gasteiger partial charge in [-0.3, -0.25) is 4.57 Å². The third-order valence-corrected chi connectivity index (χ3v) is 3.34. The van der Waals surface area contributed by atoms with E-state index in [4.69, 9.17) is 5.73 Å². The molecule has 1 saturated carbocycles. The second-order valence-electron chi connectivity index (χ2n) is 3.81. The summed E-state index contributed by atoms with van der Waals surface area (Å²) in [6.45, 7) is 0. The van der Waals surface area contributed by atoms with Crippen LogP contribution in [0.15, 0.2) is 27.1 Å². The van der Waals surface area contributed by atoms with Crippen LogP contribution in [0.5, 0.6) is 0 Å². The van der Waals surface area contributed by atoms with E-state index in [0.717, 1.165) is 12.8 Å². The van der Waals surface area contributed by atoms with Crippen molar-refractivity contribution in [3.05, 3.63) is 22.6 Å². The molecule has 2 aromatic heterocycles. The Bertz CT molecular complexity index is 584. The smallest absolute Gasteiger partial charge is 0.344 e. The molecule has 88 valence electrons. The van der Waals surface area contributed by atoms with E-state index in [1.165, 1.54) is 11.8 Å². The molecular formula is C9H10N6OS. The fourth-order valence-corrected chi connectivity index (χ4v) is 2.32. The zero-order chi connectivity index (χ0) is 11.8. The molecule has 0 radical (unpaired) electrons. The first-order valence-corrected chi connectivity index (χ1v) is 5.99. The van der Waals surface area contributed by atoms with Gasteiger partial charge in [0, 0.05) is 6.04 Å². The summed E-state index contributed by atoms with van der Waals surface area (Å²) in [4.78, 5) is 11.5. The van der Waals surface area contributed by atoms with Crippen LogP contribution in [0.3, 0.4) is 0 Å². The number of aromatic amines is 1. The molecule has 2 heterocycles. The molecule has 0 unspecified atom stereocenters. The maximum atomic E-state index is 11.5. The monoisotopic (exact) mass is 250 g/mol. The van der Waals surface area contributed by atoms with Gasteiger partial charge in [0.15, 0.2) is 5.16 Å². The first kappa shape index (κ1) is 10.3. The molecule has 0 atom stereocenters. The van der Waals surface area contributed by atoms with Gasteiger partial charge in [0.25, 0.3) is 0 Å². The first-order valence-electron chi connectivity index (χ1n) is 5.18. The van der Waals surface area contributed by atoms with Crippen LogP contribution in [0.25, 0.3) is 0 Å². The van der Waals surface area contributed by atoms with Crippen LogP contribution in [0.4, 0.5) is 5.82 Å². The van der Waals surface area contributed by atoms with Crippen molar-refractivity contribution in [2.45, 2.75) is 29.1 Å². The van der Waals surface area contributed by atoms with E-state index in [2.05, 4.69) is 20.4 Å². The Morgan fingerprint density at radius 3 is 2.88 bits per heavy atom. The lowest BCUT2D eigenvalue weighted by molar-refractivity contribution is 0.642.